The number of sulfonamides is 1. The Labute approximate surface area is 156 Å². The van der Waals surface area contributed by atoms with Crippen LogP contribution in [0, 0.1) is 11.8 Å². The molecule has 0 saturated heterocycles. The molecule has 0 amide bonds. The monoisotopic (exact) mass is 371 g/mol. The van der Waals surface area contributed by atoms with Gasteiger partial charge in [0.25, 0.3) is 0 Å². The highest BCUT2D eigenvalue weighted by Crippen LogP contribution is 2.31. The van der Waals surface area contributed by atoms with Crippen LogP contribution in [0.2, 0.25) is 0 Å². The van der Waals surface area contributed by atoms with Gasteiger partial charge in [-0.25, -0.2) is 8.42 Å². The van der Waals surface area contributed by atoms with Gasteiger partial charge >= 0.3 is 0 Å². The van der Waals surface area contributed by atoms with Crippen molar-refractivity contribution in [2.75, 3.05) is 11.0 Å². The van der Waals surface area contributed by atoms with Crippen LogP contribution >= 0.6 is 0 Å². The van der Waals surface area contributed by atoms with Crippen LogP contribution in [0.4, 0.5) is 5.69 Å². The van der Waals surface area contributed by atoms with Crippen LogP contribution < -0.4 is 9.46 Å². The third-order valence-electron chi connectivity index (χ3n) is 3.64. The van der Waals surface area contributed by atoms with E-state index in [-0.39, 0.29) is 0 Å². The van der Waals surface area contributed by atoms with Crippen molar-refractivity contribution in [3.63, 3.8) is 0 Å². The van der Waals surface area contributed by atoms with Crippen LogP contribution in [0.25, 0.3) is 0 Å². The van der Waals surface area contributed by atoms with Gasteiger partial charge in [0.2, 0.25) is 10.0 Å². The van der Waals surface area contributed by atoms with Crippen molar-refractivity contribution in [3.8, 4) is 23.3 Å². The molecule has 2 aromatic carbocycles. The fourth-order valence-corrected chi connectivity index (χ4v) is 2.96. The molecule has 1 N–H and O–H groups in total. The Hall–Kier alpha value is -2.45. The van der Waals surface area contributed by atoms with Crippen molar-refractivity contribution in [1.82, 2.24) is 0 Å². The lowest BCUT2D eigenvalue weighted by molar-refractivity contribution is 0.484. The Balaban J connectivity index is 2.19. The summed E-state index contributed by atoms with van der Waals surface area (Å²) in [6.45, 7) is 2.19. The molecule has 0 aromatic heterocycles. The van der Waals surface area contributed by atoms with E-state index >= 15 is 0 Å². The second-order valence-corrected chi connectivity index (χ2v) is 7.86. The van der Waals surface area contributed by atoms with Gasteiger partial charge in [0.05, 0.1) is 11.9 Å². The summed E-state index contributed by atoms with van der Waals surface area (Å²) in [4.78, 5) is 0. The highest BCUT2D eigenvalue weighted by molar-refractivity contribution is 7.92. The average Bonchev–Trinajstić information content (AvgIpc) is 2.60. The smallest absolute Gasteiger partial charge is 0.229 e. The first-order chi connectivity index (χ1) is 12.5. The Morgan fingerprint density at radius 3 is 2.50 bits per heavy atom. The molecule has 0 aliphatic carbocycles. The van der Waals surface area contributed by atoms with Gasteiger partial charge < -0.3 is 4.74 Å². The molecule has 5 heteroatoms. The van der Waals surface area contributed by atoms with E-state index in [9.17, 15) is 8.42 Å². The molecular formula is C21H25NO3S. The first-order valence-electron chi connectivity index (χ1n) is 8.81. The topological polar surface area (TPSA) is 55.4 Å². The fourth-order valence-electron chi connectivity index (χ4n) is 2.39. The lowest BCUT2D eigenvalue weighted by Gasteiger charge is -2.12. The predicted molar refractivity (Wildman–Crippen MR) is 107 cm³/mol. The number of hydrogen-bond acceptors (Lipinski definition) is 3. The number of unbranched alkanes of at least 4 members (excludes halogenated alkanes) is 4. The highest BCUT2D eigenvalue weighted by atomic mass is 32.2. The molecule has 0 spiro atoms. The molecule has 0 saturated carbocycles. The van der Waals surface area contributed by atoms with E-state index in [2.05, 4.69) is 23.5 Å². The lowest BCUT2D eigenvalue weighted by atomic mass is 10.1. The van der Waals surface area contributed by atoms with E-state index < -0.39 is 10.0 Å². The Kier molecular flexibility index (Phi) is 7.55. The van der Waals surface area contributed by atoms with Crippen molar-refractivity contribution >= 4 is 15.7 Å². The first-order valence-corrected chi connectivity index (χ1v) is 10.7. The molecule has 0 radical (unpaired) electrons. The van der Waals surface area contributed by atoms with Crippen LogP contribution in [0.3, 0.4) is 0 Å². The molecule has 0 atom stereocenters. The van der Waals surface area contributed by atoms with E-state index in [1.165, 1.54) is 19.3 Å². The first kappa shape index (κ1) is 19.9. The van der Waals surface area contributed by atoms with Gasteiger partial charge in [0, 0.05) is 12.0 Å². The van der Waals surface area contributed by atoms with E-state index in [0.717, 1.165) is 24.7 Å². The predicted octanol–water partition coefficient (Wildman–Crippen LogP) is 5.17. The summed E-state index contributed by atoms with van der Waals surface area (Å²) in [6.07, 6.45) is 6.72. The van der Waals surface area contributed by atoms with Gasteiger partial charge in [-0.05, 0) is 36.8 Å². The molecule has 138 valence electrons. The molecule has 0 heterocycles. The van der Waals surface area contributed by atoms with Crippen molar-refractivity contribution in [2.45, 2.75) is 39.0 Å². The molecule has 4 nitrogen and oxygen atoms in total. The molecule has 0 bridgehead atoms. The van der Waals surface area contributed by atoms with Gasteiger partial charge in [0.1, 0.15) is 5.75 Å². The largest absolute Gasteiger partial charge is 0.455 e. The minimum absolute atomic E-state index is 0.393. The Bertz CT molecular complexity index is 865. The Morgan fingerprint density at radius 2 is 1.81 bits per heavy atom. The summed E-state index contributed by atoms with van der Waals surface area (Å²) in [6, 6.07) is 14.5. The summed E-state index contributed by atoms with van der Waals surface area (Å²) in [5, 5.41) is 0. The molecule has 26 heavy (non-hydrogen) atoms. The lowest BCUT2D eigenvalue weighted by Crippen LogP contribution is -2.10. The second kappa shape index (κ2) is 9.88. The van der Waals surface area contributed by atoms with E-state index in [0.29, 0.717) is 17.2 Å². The average molecular weight is 372 g/mol. The second-order valence-electron chi connectivity index (χ2n) is 6.11. The maximum absolute atomic E-state index is 11.6. The third-order valence-corrected chi connectivity index (χ3v) is 4.23. The number of anilines is 1. The molecule has 0 aliphatic rings. The summed E-state index contributed by atoms with van der Waals surface area (Å²) in [5.41, 5.74) is 1.19. The van der Waals surface area contributed by atoms with Gasteiger partial charge in [0.15, 0.2) is 5.75 Å². The molecule has 0 unspecified atom stereocenters. The standard InChI is InChI=1S/C21H25NO3S/c1-3-4-5-6-7-9-12-18-15-16-20(22-26(2,23)24)21(17-18)25-19-13-10-8-11-14-19/h8,10-11,13-17,22H,3-7H2,1-2H3. The molecule has 0 aliphatic heterocycles. The minimum Gasteiger partial charge on any atom is -0.455 e. The zero-order valence-corrected chi connectivity index (χ0v) is 16.1. The number of benzene rings is 2. The summed E-state index contributed by atoms with van der Waals surface area (Å²) in [5.74, 6) is 7.37. The van der Waals surface area contributed by atoms with Gasteiger partial charge in [-0.15, -0.1) is 0 Å². The fraction of sp³-hybridized carbons (Fsp3) is 0.333. The zero-order valence-electron chi connectivity index (χ0n) is 15.3. The molecule has 2 rings (SSSR count). The van der Waals surface area contributed by atoms with Gasteiger partial charge in [-0.1, -0.05) is 56.2 Å². The van der Waals surface area contributed by atoms with Crippen molar-refractivity contribution in [1.29, 1.82) is 0 Å². The van der Waals surface area contributed by atoms with Crippen LogP contribution in [-0.4, -0.2) is 14.7 Å². The van der Waals surface area contributed by atoms with Crippen LogP contribution in [-0.2, 0) is 10.0 Å². The van der Waals surface area contributed by atoms with E-state index in [1.807, 2.05) is 30.3 Å². The van der Waals surface area contributed by atoms with Gasteiger partial charge in [-0.2, -0.15) is 0 Å². The van der Waals surface area contributed by atoms with E-state index in [1.54, 1.807) is 18.2 Å². The van der Waals surface area contributed by atoms with Crippen LogP contribution in [0.5, 0.6) is 11.5 Å². The maximum atomic E-state index is 11.6. The quantitative estimate of drug-likeness (QED) is 0.514. The number of hydrogen-bond donors (Lipinski definition) is 1. The maximum Gasteiger partial charge on any atom is 0.229 e. The molecule has 0 fully saturated rings. The zero-order chi connectivity index (χ0) is 18.8. The summed E-state index contributed by atoms with van der Waals surface area (Å²) < 4.78 is 31.5. The normalized spacial score (nSPS) is 10.7. The number of ether oxygens (including phenoxy) is 1. The summed E-state index contributed by atoms with van der Waals surface area (Å²) in [7, 11) is -3.40. The number of rotatable bonds is 8. The summed E-state index contributed by atoms with van der Waals surface area (Å²) >= 11 is 0. The minimum atomic E-state index is -3.40. The van der Waals surface area contributed by atoms with E-state index in [4.69, 9.17) is 4.74 Å². The highest BCUT2D eigenvalue weighted by Gasteiger charge is 2.10. The van der Waals surface area contributed by atoms with Crippen molar-refractivity contribution in [3.05, 3.63) is 54.1 Å². The Morgan fingerprint density at radius 1 is 1.04 bits per heavy atom. The van der Waals surface area contributed by atoms with Crippen LogP contribution in [0.15, 0.2) is 48.5 Å². The third kappa shape index (κ3) is 7.20. The van der Waals surface area contributed by atoms with Crippen molar-refractivity contribution in [2.24, 2.45) is 0 Å². The number of para-hydroxylation sites is 1. The van der Waals surface area contributed by atoms with Gasteiger partial charge in [-0.3, -0.25) is 4.72 Å². The molecule has 2 aromatic rings. The van der Waals surface area contributed by atoms with Crippen LogP contribution in [0.1, 0.15) is 44.6 Å². The van der Waals surface area contributed by atoms with Crippen molar-refractivity contribution < 1.29 is 13.2 Å². The molecular weight excluding hydrogens is 346 g/mol. The number of nitrogens with one attached hydrogen (secondary N) is 1. The SMILES string of the molecule is CCCCCCC#Cc1ccc(NS(C)(=O)=O)c(Oc2ccccc2)c1.